The molecule has 1 unspecified atom stereocenters. The lowest BCUT2D eigenvalue weighted by atomic mass is 10.2. The molecule has 126 valence electrons. The summed E-state index contributed by atoms with van der Waals surface area (Å²) < 4.78 is 57.7. The number of halogens is 2. The van der Waals surface area contributed by atoms with Crippen molar-refractivity contribution in [3.63, 3.8) is 0 Å². The summed E-state index contributed by atoms with van der Waals surface area (Å²) in [4.78, 5) is 26.0. The lowest BCUT2D eigenvalue weighted by molar-refractivity contribution is 0.0550. The maximum absolute atomic E-state index is 12.7. The molecule has 0 fully saturated rings. The van der Waals surface area contributed by atoms with Gasteiger partial charge in [0.15, 0.2) is 17.7 Å². The molecule has 0 saturated carbocycles. The van der Waals surface area contributed by atoms with Gasteiger partial charge in [-0.15, -0.1) is 5.10 Å². The fourth-order valence-corrected chi connectivity index (χ4v) is 2.00. The number of hydrogen-bond acceptors (Lipinski definition) is 7. The first kappa shape index (κ1) is 12.3. The van der Waals surface area contributed by atoms with E-state index in [-0.39, 0.29) is 22.5 Å². The summed E-state index contributed by atoms with van der Waals surface area (Å²) >= 11 is 0. The summed E-state index contributed by atoms with van der Waals surface area (Å²) in [5.74, 6) is -0.924. The van der Waals surface area contributed by atoms with Crippen LogP contribution < -0.4 is 15.0 Å². The summed E-state index contributed by atoms with van der Waals surface area (Å²) in [7, 11) is -2.87. The number of rotatable bonds is 5. The Kier molecular flexibility index (Phi) is 3.17. The van der Waals surface area contributed by atoms with Gasteiger partial charge in [0.1, 0.15) is 11.7 Å². The molecule has 0 aliphatic rings. The molecule has 9 nitrogen and oxygen atoms in total. The fourth-order valence-electron chi connectivity index (χ4n) is 2.00. The molecular weight excluding hydrogens is 326 g/mol. The number of aromatic amines is 1. The SMILES string of the molecule is [2H]C([2H])([2H])Oc1ncc2nc[nH]c(=O)c2c1OC(C)c1ncn(C(F)F)n1. The zero-order chi connectivity index (χ0) is 19.8. The molecule has 0 aliphatic carbocycles. The Morgan fingerprint density at radius 3 is 2.92 bits per heavy atom. The molecule has 0 saturated heterocycles. The van der Waals surface area contributed by atoms with Crippen LogP contribution >= 0.6 is 0 Å². The third-order valence-corrected chi connectivity index (χ3v) is 3.09. The van der Waals surface area contributed by atoms with Crippen molar-refractivity contribution in [1.29, 1.82) is 0 Å². The first-order chi connectivity index (χ1) is 12.7. The van der Waals surface area contributed by atoms with Gasteiger partial charge in [0.05, 0.1) is 29.2 Å². The van der Waals surface area contributed by atoms with Crippen LogP contribution in [0, 0.1) is 0 Å². The average Bonchev–Trinajstić information content (AvgIpc) is 3.06. The van der Waals surface area contributed by atoms with E-state index in [9.17, 15) is 13.6 Å². The number of aromatic nitrogens is 6. The van der Waals surface area contributed by atoms with Crippen molar-refractivity contribution in [3.8, 4) is 11.6 Å². The van der Waals surface area contributed by atoms with Crippen LogP contribution in [0.25, 0.3) is 10.9 Å². The zero-order valence-corrected chi connectivity index (χ0v) is 12.1. The van der Waals surface area contributed by atoms with Gasteiger partial charge in [-0.1, -0.05) is 0 Å². The molecule has 0 spiro atoms. The number of fused-ring (bicyclic) bond motifs is 1. The van der Waals surface area contributed by atoms with Crippen LogP contribution in [-0.4, -0.2) is 36.8 Å². The lowest BCUT2D eigenvalue weighted by Crippen LogP contribution is -2.13. The second-order valence-corrected chi connectivity index (χ2v) is 4.61. The molecule has 0 amide bonds. The molecule has 0 bridgehead atoms. The van der Waals surface area contributed by atoms with Gasteiger partial charge < -0.3 is 14.5 Å². The van der Waals surface area contributed by atoms with Crippen molar-refractivity contribution in [1.82, 2.24) is 29.7 Å². The Bertz CT molecular complexity index is 1020. The number of nitrogens with one attached hydrogen (secondary N) is 1. The first-order valence-corrected chi connectivity index (χ1v) is 6.57. The molecule has 3 aromatic heterocycles. The minimum absolute atomic E-state index is 0.116. The maximum Gasteiger partial charge on any atom is 0.334 e. The van der Waals surface area contributed by atoms with Gasteiger partial charge >= 0.3 is 6.55 Å². The van der Waals surface area contributed by atoms with Crippen LogP contribution in [0.2, 0.25) is 0 Å². The van der Waals surface area contributed by atoms with E-state index in [1.165, 1.54) is 6.92 Å². The second-order valence-electron chi connectivity index (χ2n) is 4.61. The van der Waals surface area contributed by atoms with Gasteiger partial charge in [-0.25, -0.2) is 15.0 Å². The van der Waals surface area contributed by atoms with Crippen molar-refractivity contribution in [2.75, 3.05) is 7.04 Å². The summed E-state index contributed by atoms with van der Waals surface area (Å²) in [6.45, 7) is -1.47. The van der Waals surface area contributed by atoms with E-state index in [0.29, 0.717) is 4.68 Å². The molecule has 11 heteroatoms. The third-order valence-electron chi connectivity index (χ3n) is 3.09. The van der Waals surface area contributed by atoms with E-state index < -0.39 is 31.1 Å². The molecule has 0 aromatic carbocycles. The van der Waals surface area contributed by atoms with Gasteiger partial charge in [-0.05, 0) is 6.92 Å². The molecule has 1 N–H and O–H groups in total. The standard InChI is InChI=1S/C13H12F2N6O3/c1-6(10-19-5-21(20-10)13(14)15)24-9-8-7(3-16-12(9)23-2)17-4-18-11(8)22/h3-6,13H,1-2H3,(H,17,18,22)/i2D3. The molecule has 0 aliphatic heterocycles. The third kappa shape index (κ3) is 2.75. The second kappa shape index (κ2) is 6.18. The highest BCUT2D eigenvalue weighted by Crippen LogP contribution is 2.33. The van der Waals surface area contributed by atoms with E-state index in [2.05, 4.69) is 25.0 Å². The van der Waals surface area contributed by atoms with Gasteiger partial charge in [0.2, 0.25) is 0 Å². The lowest BCUT2D eigenvalue weighted by Gasteiger charge is -2.15. The van der Waals surface area contributed by atoms with E-state index in [1.54, 1.807) is 0 Å². The van der Waals surface area contributed by atoms with E-state index >= 15 is 0 Å². The molecule has 1 atom stereocenters. The number of hydrogen-bond donors (Lipinski definition) is 1. The maximum atomic E-state index is 12.7. The molecule has 24 heavy (non-hydrogen) atoms. The predicted molar refractivity (Wildman–Crippen MR) is 77.0 cm³/mol. The zero-order valence-electron chi connectivity index (χ0n) is 15.1. The average molecular weight is 341 g/mol. The highest BCUT2D eigenvalue weighted by Gasteiger charge is 2.21. The van der Waals surface area contributed by atoms with Crippen LogP contribution in [0.3, 0.4) is 0 Å². The molecule has 3 rings (SSSR count). The van der Waals surface area contributed by atoms with E-state index in [0.717, 1.165) is 18.9 Å². The number of ether oxygens (including phenoxy) is 2. The number of methoxy groups -OCH3 is 1. The number of alkyl halides is 2. The quantitative estimate of drug-likeness (QED) is 0.748. The van der Waals surface area contributed by atoms with Gasteiger partial charge in [0.25, 0.3) is 11.4 Å². The minimum Gasteiger partial charge on any atom is -0.478 e. The minimum atomic E-state index is -2.89. The molecule has 0 radical (unpaired) electrons. The van der Waals surface area contributed by atoms with Crippen LogP contribution in [-0.2, 0) is 0 Å². The monoisotopic (exact) mass is 341 g/mol. The van der Waals surface area contributed by atoms with Crippen LogP contribution in [0.1, 0.15) is 29.5 Å². The van der Waals surface area contributed by atoms with Crippen LogP contribution in [0.5, 0.6) is 11.6 Å². The largest absolute Gasteiger partial charge is 0.478 e. The Morgan fingerprint density at radius 1 is 1.38 bits per heavy atom. The van der Waals surface area contributed by atoms with Crippen LogP contribution in [0.4, 0.5) is 8.78 Å². The smallest absolute Gasteiger partial charge is 0.334 e. The highest BCUT2D eigenvalue weighted by molar-refractivity contribution is 5.85. The normalized spacial score (nSPS) is 14.9. The van der Waals surface area contributed by atoms with Crippen molar-refractivity contribution in [3.05, 3.63) is 35.0 Å². The van der Waals surface area contributed by atoms with Crippen molar-refractivity contribution in [2.45, 2.75) is 19.6 Å². The Morgan fingerprint density at radius 2 is 2.21 bits per heavy atom. The van der Waals surface area contributed by atoms with Gasteiger partial charge in [-0.3, -0.25) is 4.79 Å². The number of H-pyrrole nitrogens is 1. The van der Waals surface area contributed by atoms with Gasteiger partial charge in [-0.2, -0.15) is 13.5 Å². The topological polar surface area (TPSA) is 108 Å². The van der Waals surface area contributed by atoms with E-state index in [4.69, 9.17) is 13.6 Å². The summed E-state index contributed by atoms with van der Waals surface area (Å²) in [6, 6.07) is 0. The fraction of sp³-hybridized carbons (Fsp3) is 0.308. The number of pyridine rings is 1. The van der Waals surface area contributed by atoms with E-state index in [1.807, 2.05) is 0 Å². The molecule has 3 aromatic rings. The summed E-state index contributed by atoms with van der Waals surface area (Å²) in [6.07, 6.45) is 2.06. The number of nitrogens with zero attached hydrogens (tertiary/aromatic N) is 5. The Balaban J connectivity index is 2.06. The van der Waals surface area contributed by atoms with Crippen molar-refractivity contribution >= 4 is 10.9 Å². The highest BCUT2D eigenvalue weighted by atomic mass is 19.3. The molecular formula is C13H12F2N6O3. The summed E-state index contributed by atoms with van der Waals surface area (Å²) in [5.41, 5.74) is -0.518. The first-order valence-electron chi connectivity index (χ1n) is 8.07. The Labute approximate surface area is 137 Å². The van der Waals surface area contributed by atoms with Crippen molar-refractivity contribution < 1.29 is 22.4 Å². The molecule has 3 heterocycles. The summed E-state index contributed by atoms with van der Waals surface area (Å²) in [5, 5.41) is 3.45. The van der Waals surface area contributed by atoms with Gasteiger partial charge in [0, 0.05) is 0 Å². The Hall–Kier alpha value is -3.11. The van der Waals surface area contributed by atoms with Crippen molar-refractivity contribution in [2.24, 2.45) is 0 Å². The predicted octanol–water partition coefficient (Wildman–Crippen LogP) is 1.45. The van der Waals surface area contributed by atoms with Crippen LogP contribution in [0.15, 0.2) is 23.6 Å².